The fourth-order valence-corrected chi connectivity index (χ4v) is 2.41. The Morgan fingerprint density at radius 3 is 2.59 bits per heavy atom. The minimum atomic E-state index is 0.362. The van der Waals surface area contributed by atoms with Gasteiger partial charge in [-0.05, 0) is 11.5 Å². The molecule has 0 saturated heterocycles. The molecule has 0 unspecified atom stereocenters. The number of benzene rings is 1. The van der Waals surface area contributed by atoms with Crippen LogP contribution in [-0.2, 0) is 11.4 Å². The van der Waals surface area contributed by atoms with Crippen molar-refractivity contribution in [2.45, 2.75) is 26.4 Å². The van der Waals surface area contributed by atoms with Gasteiger partial charge in [0.25, 0.3) is 0 Å². The Bertz CT molecular complexity index is 476. The Kier molecular flexibility index (Phi) is 3.89. The molecule has 0 aliphatic carbocycles. The van der Waals surface area contributed by atoms with Crippen LogP contribution in [0.5, 0.6) is 0 Å². The second kappa shape index (κ2) is 5.40. The van der Waals surface area contributed by atoms with E-state index >= 15 is 0 Å². The van der Waals surface area contributed by atoms with Crippen molar-refractivity contribution in [3.8, 4) is 10.6 Å². The zero-order chi connectivity index (χ0) is 12.3. The van der Waals surface area contributed by atoms with Gasteiger partial charge in [-0.1, -0.05) is 38.1 Å². The van der Waals surface area contributed by atoms with Gasteiger partial charge in [0.2, 0.25) is 0 Å². The van der Waals surface area contributed by atoms with Crippen LogP contribution in [0.3, 0.4) is 0 Å². The molecule has 1 heterocycles. The van der Waals surface area contributed by atoms with Crippen molar-refractivity contribution in [1.82, 2.24) is 4.98 Å². The molecule has 0 aliphatic heterocycles. The van der Waals surface area contributed by atoms with E-state index in [4.69, 9.17) is 5.90 Å². The van der Waals surface area contributed by atoms with Crippen LogP contribution in [0.2, 0.25) is 0 Å². The Morgan fingerprint density at radius 1 is 1.29 bits per heavy atom. The average molecular weight is 248 g/mol. The molecule has 0 bridgehead atoms. The molecule has 0 fully saturated rings. The highest BCUT2D eigenvalue weighted by molar-refractivity contribution is 7.13. The summed E-state index contributed by atoms with van der Waals surface area (Å²) in [5.41, 5.74) is 3.36. The molecule has 2 N–H and O–H groups in total. The van der Waals surface area contributed by atoms with Crippen LogP contribution in [0.25, 0.3) is 10.6 Å². The summed E-state index contributed by atoms with van der Waals surface area (Å²) in [7, 11) is 0. The molecule has 1 aromatic carbocycles. The van der Waals surface area contributed by atoms with E-state index in [1.807, 2.05) is 5.38 Å². The van der Waals surface area contributed by atoms with Crippen molar-refractivity contribution in [1.29, 1.82) is 0 Å². The molecule has 1 aromatic heterocycles. The second-order valence-corrected chi connectivity index (χ2v) is 5.09. The van der Waals surface area contributed by atoms with Crippen LogP contribution < -0.4 is 5.90 Å². The van der Waals surface area contributed by atoms with Crippen molar-refractivity contribution in [3.63, 3.8) is 0 Å². The summed E-state index contributed by atoms with van der Waals surface area (Å²) in [6, 6.07) is 8.53. The number of aromatic nitrogens is 1. The molecular formula is C13H16N2OS. The summed E-state index contributed by atoms with van der Waals surface area (Å²) in [6.45, 7) is 4.74. The van der Waals surface area contributed by atoms with Gasteiger partial charge < -0.3 is 0 Å². The Morgan fingerprint density at radius 2 is 2.00 bits per heavy atom. The first-order valence-electron chi connectivity index (χ1n) is 5.57. The molecule has 0 radical (unpaired) electrons. The average Bonchev–Trinajstić information content (AvgIpc) is 2.78. The van der Waals surface area contributed by atoms with Crippen LogP contribution in [0.1, 0.15) is 31.0 Å². The lowest BCUT2D eigenvalue weighted by molar-refractivity contribution is 0.122. The number of thiazole rings is 1. The monoisotopic (exact) mass is 248 g/mol. The number of hydrogen-bond donors (Lipinski definition) is 1. The quantitative estimate of drug-likeness (QED) is 0.844. The van der Waals surface area contributed by atoms with E-state index in [-0.39, 0.29) is 0 Å². The highest BCUT2D eigenvalue weighted by atomic mass is 32.1. The maximum Gasteiger partial charge on any atom is 0.123 e. The third-order valence-corrected chi connectivity index (χ3v) is 3.55. The molecule has 17 heavy (non-hydrogen) atoms. The number of hydrogen-bond acceptors (Lipinski definition) is 4. The summed E-state index contributed by atoms with van der Waals surface area (Å²) < 4.78 is 0. The molecule has 2 aromatic rings. The van der Waals surface area contributed by atoms with Crippen LogP contribution in [0, 0.1) is 0 Å². The van der Waals surface area contributed by atoms with Crippen molar-refractivity contribution in [3.05, 3.63) is 40.9 Å². The normalized spacial score (nSPS) is 11.1. The topological polar surface area (TPSA) is 48.1 Å². The molecule has 2 rings (SSSR count). The van der Waals surface area contributed by atoms with Crippen LogP contribution in [0.4, 0.5) is 0 Å². The number of nitrogens with two attached hydrogens (primary N) is 1. The van der Waals surface area contributed by atoms with E-state index in [0.29, 0.717) is 12.5 Å². The van der Waals surface area contributed by atoms with Gasteiger partial charge >= 0.3 is 0 Å². The molecule has 0 saturated carbocycles. The Hall–Kier alpha value is -1.23. The van der Waals surface area contributed by atoms with E-state index in [1.54, 1.807) is 11.3 Å². The molecule has 0 amide bonds. The summed E-state index contributed by atoms with van der Waals surface area (Å²) in [5, 5.41) is 2.98. The fraction of sp³-hybridized carbons (Fsp3) is 0.308. The minimum absolute atomic E-state index is 0.362. The van der Waals surface area contributed by atoms with Crippen molar-refractivity contribution < 1.29 is 4.84 Å². The van der Waals surface area contributed by atoms with E-state index < -0.39 is 0 Å². The summed E-state index contributed by atoms with van der Waals surface area (Å²) >= 11 is 1.61. The predicted molar refractivity (Wildman–Crippen MR) is 70.6 cm³/mol. The molecular weight excluding hydrogens is 232 g/mol. The lowest BCUT2D eigenvalue weighted by Crippen LogP contribution is -1.98. The van der Waals surface area contributed by atoms with Gasteiger partial charge in [0.05, 0.1) is 5.69 Å². The zero-order valence-electron chi connectivity index (χ0n) is 10.0. The first kappa shape index (κ1) is 12.2. The van der Waals surface area contributed by atoms with Crippen LogP contribution in [0.15, 0.2) is 29.6 Å². The van der Waals surface area contributed by atoms with Crippen LogP contribution in [-0.4, -0.2) is 4.98 Å². The van der Waals surface area contributed by atoms with E-state index in [9.17, 15) is 0 Å². The van der Waals surface area contributed by atoms with E-state index in [2.05, 4.69) is 47.9 Å². The minimum Gasteiger partial charge on any atom is -0.298 e. The maximum absolute atomic E-state index is 5.03. The zero-order valence-corrected chi connectivity index (χ0v) is 10.8. The number of rotatable bonds is 4. The van der Waals surface area contributed by atoms with Gasteiger partial charge in [-0.2, -0.15) is 0 Å². The third kappa shape index (κ3) is 2.91. The largest absolute Gasteiger partial charge is 0.298 e. The lowest BCUT2D eigenvalue weighted by atomic mass is 10.0. The molecule has 3 nitrogen and oxygen atoms in total. The Labute approximate surface area is 105 Å². The van der Waals surface area contributed by atoms with Gasteiger partial charge in [0.15, 0.2) is 0 Å². The molecule has 90 valence electrons. The maximum atomic E-state index is 5.03. The van der Waals surface area contributed by atoms with E-state index in [1.165, 1.54) is 5.56 Å². The second-order valence-electron chi connectivity index (χ2n) is 4.23. The summed E-state index contributed by atoms with van der Waals surface area (Å²) in [5.74, 6) is 5.58. The van der Waals surface area contributed by atoms with Crippen molar-refractivity contribution in [2.75, 3.05) is 0 Å². The van der Waals surface area contributed by atoms with Crippen molar-refractivity contribution >= 4 is 11.3 Å². The molecule has 0 spiro atoms. The van der Waals surface area contributed by atoms with Gasteiger partial charge in [-0.15, -0.1) is 11.3 Å². The highest BCUT2D eigenvalue weighted by Gasteiger charge is 2.05. The standard InChI is InChI=1S/C13H16N2OS/c1-9(2)10-3-5-11(6-4-10)13-15-12(7-16-14)8-17-13/h3-6,8-9H,7,14H2,1-2H3. The third-order valence-electron chi connectivity index (χ3n) is 2.61. The molecule has 0 atom stereocenters. The summed E-state index contributed by atoms with van der Waals surface area (Å²) in [4.78, 5) is 9.03. The highest BCUT2D eigenvalue weighted by Crippen LogP contribution is 2.25. The first-order chi connectivity index (χ1) is 8.20. The first-order valence-corrected chi connectivity index (χ1v) is 6.45. The molecule has 0 aliphatic rings. The smallest absolute Gasteiger partial charge is 0.123 e. The van der Waals surface area contributed by atoms with E-state index in [0.717, 1.165) is 16.3 Å². The Balaban J connectivity index is 2.21. The lowest BCUT2D eigenvalue weighted by Gasteiger charge is -2.05. The van der Waals surface area contributed by atoms with Crippen molar-refractivity contribution in [2.24, 2.45) is 5.90 Å². The summed E-state index contributed by atoms with van der Waals surface area (Å²) in [6.07, 6.45) is 0. The number of nitrogens with zero attached hydrogens (tertiary/aromatic N) is 1. The van der Waals surface area contributed by atoms with Crippen LogP contribution >= 0.6 is 11.3 Å². The van der Waals surface area contributed by atoms with Gasteiger partial charge in [-0.25, -0.2) is 10.9 Å². The molecule has 4 heteroatoms. The van der Waals surface area contributed by atoms with Gasteiger partial charge in [0, 0.05) is 10.9 Å². The van der Waals surface area contributed by atoms with Gasteiger partial charge in [0.1, 0.15) is 11.6 Å². The van der Waals surface area contributed by atoms with Gasteiger partial charge in [-0.3, -0.25) is 4.84 Å². The SMILES string of the molecule is CC(C)c1ccc(-c2nc(CON)cs2)cc1. The fourth-order valence-electron chi connectivity index (χ4n) is 1.60. The predicted octanol–water partition coefficient (Wildman–Crippen LogP) is 3.32.